The van der Waals surface area contributed by atoms with Crippen molar-refractivity contribution in [3.63, 3.8) is 0 Å². The highest BCUT2D eigenvalue weighted by molar-refractivity contribution is 5.96. The van der Waals surface area contributed by atoms with E-state index in [0.29, 0.717) is 5.84 Å². The van der Waals surface area contributed by atoms with Crippen LogP contribution in [0.2, 0.25) is 0 Å². The van der Waals surface area contributed by atoms with E-state index in [9.17, 15) is 0 Å². The van der Waals surface area contributed by atoms with Gasteiger partial charge in [-0.3, -0.25) is 11.3 Å². The second-order valence-corrected chi connectivity index (χ2v) is 6.22. The Hall–Kier alpha value is -3.41. The maximum absolute atomic E-state index is 5.77. The third-order valence-corrected chi connectivity index (χ3v) is 4.30. The number of hydrogen-bond donors (Lipinski definition) is 3. The summed E-state index contributed by atoms with van der Waals surface area (Å²) in [6.45, 7) is 0.731. The molecule has 0 saturated carbocycles. The fraction of sp³-hybridized carbons (Fsp3) is 0.150. The lowest BCUT2D eigenvalue weighted by molar-refractivity contribution is -0.114. The zero-order chi connectivity index (χ0) is 18.5. The number of hydrogen-bond acceptors (Lipinski definition) is 3. The molecule has 0 spiro atoms. The molecule has 0 aromatic heterocycles. The second-order valence-electron chi connectivity index (χ2n) is 6.22. The Kier molecular flexibility index (Phi) is 5.12. The van der Waals surface area contributed by atoms with E-state index in [1.54, 1.807) is 0 Å². The first kappa shape index (κ1) is 17.4. The summed E-state index contributed by atoms with van der Waals surface area (Å²) < 4.78 is 0. The molecular formula is C20H23N6+. The number of amidine groups is 1. The molecule has 0 saturated heterocycles. The van der Waals surface area contributed by atoms with E-state index in [1.165, 1.54) is 22.0 Å². The molecule has 6 heteroatoms. The van der Waals surface area contributed by atoms with Crippen LogP contribution in [0.3, 0.4) is 0 Å². The molecule has 0 fully saturated rings. The van der Waals surface area contributed by atoms with Crippen molar-refractivity contribution in [2.24, 2.45) is 16.2 Å². The van der Waals surface area contributed by atoms with Gasteiger partial charge in [-0.25, -0.2) is 0 Å². The summed E-state index contributed by atoms with van der Waals surface area (Å²) in [6.07, 6.45) is 0. The van der Waals surface area contributed by atoms with E-state index >= 15 is 0 Å². The molecule has 3 rings (SSSR count). The van der Waals surface area contributed by atoms with Gasteiger partial charge in [0.05, 0.1) is 10.7 Å². The maximum Gasteiger partial charge on any atom is 0.350 e. The standard InChI is InChI=1S/C20H22N6/c1-26(2)19-12-9-15(17-5-3-4-6-18(17)19)13-23-16-10-7-14(8-11-16)20(21)24-25-22/h3-12,23H,13H2,1-2H3,(H3,21,22,24)/p+1. The van der Waals surface area contributed by atoms with Gasteiger partial charge in [-0.15, -0.1) is 0 Å². The molecule has 0 aliphatic heterocycles. The van der Waals surface area contributed by atoms with Crippen molar-refractivity contribution in [3.8, 4) is 0 Å². The van der Waals surface area contributed by atoms with E-state index in [2.05, 4.69) is 71.0 Å². The summed E-state index contributed by atoms with van der Waals surface area (Å²) >= 11 is 0. The largest absolute Gasteiger partial charge is 0.381 e. The summed E-state index contributed by atoms with van der Waals surface area (Å²) in [7, 11) is 4.13. The number of nitrogens with one attached hydrogen (secondary N) is 1. The molecule has 0 amide bonds. The first-order valence-corrected chi connectivity index (χ1v) is 8.36. The van der Waals surface area contributed by atoms with E-state index in [-0.39, 0.29) is 0 Å². The lowest BCUT2D eigenvalue weighted by atomic mass is 10.0. The van der Waals surface area contributed by atoms with Crippen LogP contribution in [0.15, 0.2) is 71.0 Å². The summed E-state index contributed by atoms with van der Waals surface area (Å²) in [4.78, 5) is 2.14. The average molecular weight is 347 g/mol. The second kappa shape index (κ2) is 7.65. The van der Waals surface area contributed by atoms with Gasteiger partial charge in [-0.1, -0.05) is 30.3 Å². The Labute approximate surface area is 152 Å². The molecule has 3 aromatic carbocycles. The number of nitrogens with zero attached hydrogens (tertiary/aromatic N) is 3. The number of fused-ring (bicyclic) bond motifs is 1. The molecule has 0 radical (unpaired) electrons. The molecule has 3 aromatic rings. The minimum absolute atomic E-state index is 0.296. The Morgan fingerprint density at radius 2 is 1.69 bits per heavy atom. The zero-order valence-corrected chi connectivity index (χ0v) is 15.0. The van der Waals surface area contributed by atoms with Crippen molar-refractivity contribution in [3.05, 3.63) is 71.8 Å². The van der Waals surface area contributed by atoms with Crippen molar-refractivity contribution in [2.75, 3.05) is 24.3 Å². The Morgan fingerprint density at radius 3 is 2.35 bits per heavy atom. The van der Waals surface area contributed by atoms with Crippen molar-refractivity contribution in [1.29, 1.82) is 0 Å². The molecule has 5 N–H and O–H groups in total. The first-order valence-electron chi connectivity index (χ1n) is 8.36. The van der Waals surface area contributed by atoms with E-state index < -0.39 is 0 Å². The summed E-state index contributed by atoms with van der Waals surface area (Å²) in [6, 6.07) is 20.5. The van der Waals surface area contributed by atoms with Crippen LogP contribution in [-0.2, 0) is 6.54 Å². The van der Waals surface area contributed by atoms with Crippen molar-refractivity contribution >= 4 is 28.0 Å². The minimum Gasteiger partial charge on any atom is -0.381 e. The van der Waals surface area contributed by atoms with Gasteiger partial charge in [0.1, 0.15) is 0 Å². The van der Waals surface area contributed by atoms with Crippen LogP contribution in [0, 0.1) is 0 Å². The number of benzene rings is 3. The number of anilines is 2. The van der Waals surface area contributed by atoms with Crippen LogP contribution in [0.5, 0.6) is 0 Å². The highest BCUT2D eigenvalue weighted by Gasteiger charge is 2.09. The van der Waals surface area contributed by atoms with Crippen LogP contribution in [0.1, 0.15) is 11.1 Å². The SMILES string of the molecule is CN(C)c1ccc(CNc2ccc(C(=[NH2+])N=NN)cc2)c2ccccc12. The van der Waals surface area contributed by atoms with Crippen molar-refractivity contribution in [2.45, 2.75) is 6.54 Å². The molecule has 0 aliphatic carbocycles. The Bertz CT molecular complexity index is 944. The van der Waals surface area contributed by atoms with Crippen molar-refractivity contribution in [1.82, 2.24) is 0 Å². The van der Waals surface area contributed by atoms with Gasteiger partial charge in [0.15, 0.2) is 0 Å². The molecule has 0 unspecified atom stereocenters. The highest BCUT2D eigenvalue weighted by Crippen LogP contribution is 2.28. The topological polar surface area (TPSA) is 91.6 Å². The smallest absolute Gasteiger partial charge is 0.350 e. The average Bonchev–Trinajstić information content (AvgIpc) is 2.66. The molecule has 6 nitrogen and oxygen atoms in total. The summed E-state index contributed by atoms with van der Waals surface area (Å²) in [5.41, 5.74) is 4.25. The van der Waals surface area contributed by atoms with E-state index in [1.807, 2.05) is 24.3 Å². The minimum atomic E-state index is 0.296. The van der Waals surface area contributed by atoms with Gasteiger partial charge in [0, 0.05) is 42.6 Å². The zero-order valence-electron chi connectivity index (χ0n) is 15.0. The number of rotatable bonds is 5. The summed E-state index contributed by atoms with van der Waals surface area (Å²) in [5.74, 6) is 5.32. The van der Waals surface area contributed by atoms with Gasteiger partial charge in [0.2, 0.25) is 0 Å². The van der Waals surface area contributed by atoms with Crippen LogP contribution in [-0.4, -0.2) is 19.9 Å². The third kappa shape index (κ3) is 3.64. The van der Waals surface area contributed by atoms with Gasteiger partial charge in [-0.2, -0.15) is 0 Å². The van der Waals surface area contributed by atoms with Gasteiger partial charge in [-0.05, 0) is 41.3 Å². The number of nitrogens with two attached hydrogens (primary N) is 2. The normalized spacial score (nSPS) is 11.0. The Balaban J connectivity index is 1.80. The van der Waals surface area contributed by atoms with Gasteiger partial charge >= 0.3 is 5.84 Å². The Morgan fingerprint density at radius 1 is 1.00 bits per heavy atom. The van der Waals surface area contributed by atoms with Crippen molar-refractivity contribution < 1.29 is 5.41 Å². The molecule has 132 valence electrons. The van der Waals surface area contributed by atoms with Crippen LogP contribution < -0.4 is 21.5 Å². The molecule has 0 heterocycles. The predicted octanol–water partition coefficient (Wildman–Crippen LogP) is 2.35. The molecule has 0 aliphatic rings. The highest BCUT2D eigenvalue weighted by atomic mass is 15.3. The van der Waals surface area contributed by atoms with Crippen LogP contribution in [0.4, 0.5) is 11.4 Å². The maximum atomic E-state index is 5.77. The fourth-order valence-electron chi connectivity index (χ4n) is 2.97. The van der Waals surface area contributed by atoms with E-state index in [0.717, 1.165) is 17.8 Å². The molecule has 26 heavy (non-hydrogen) atoms. The van der Waals surface area contributed by atoms with Gasteiger partial charge in [0.25, 0.3) is 0 Å². The van der Waals surface area contributed by atoms with Crippen LogP contribution in [0.25, 0.3) is 10.8 Å². The predicted molar refractivity (Wildman–Crippen MR) is 107 cm³/mol. The lowest BCUT2D eigenvalue weighted by Gasteiger charge is -2.18. The molecule has 0 bridgehead atoms. The van der Waals surface area contributed by atoms with Gasteiger partial charge < -0.3 is 10.2 Å². The fourth-order valence-corrected chi connectivity index (χ4v) is 2.97. The first-order chi connectivity index (χ1) is 12.6. The van der Waals surface area contributed by atoms with Crippen LogP contribution >= 0.6 is 0 Å². The quantitative estimate of drug-likeness (QED) is 0.217. The third-order valence-electron chi connectivity index (χ3n) is 4.30. The molecule has 0 atom stereocenters. The molecular weight excluding hydrogens is 324 g/mol. The van der Waals surface area contributed by atoms with E-state index in [4.69, 9.17) is 11.3 Å². The monoisotopic (exact) mass is 347 g/mol. The summed E-state index contributed by atoms with van der Waals surface area (Å²) in [5, 5.41) is 18.6. The lowest BCUT2D eigenvalue weighted by Crippen LogP contribution is -2.38.